The van der Waals surface area contributed by atoms with Gasteiger partial charge in [0.05, 0.1) is 6.21 Å². The summed E-state index contributed by atoms with van der Waals surface area (Å²) in [6, 6.07) is 27.5. The zero-order chi connectivity index (χ0) is 18.0. The van der Waals surface area contributed by atoms with E-state index in [0.717, 1.165) is 17.5 Å². The van der Waals surface area contributed by atoms with E-state index in [4.69, 9.17) is 4.74 Å². The molecule has 0 aromatic heterocycles. The smallest absolute Gasteiger partial charge is 0.277 e. The van der Waals surface area contributed by atoms with E-state index in [0.29, 0.717) is 5.75 Å². The van der Waals surface area contributed by atoms with Crippen LogP contribution in [0.2, 0.25) is 0 Å². The Hall–Kier alpha value is -3.40. The van der Waals surface area contributed by atoms with Crippen LogP contribution in [-0.4, -0.2) is 18.7 Å². The molecule has 0 saturated heterocycles. The van der Waals surface area contributed by atoms with Crippen molar-refractivity contribution >= 4 is 12.1 Å². The van der Waals surface area contributed by atoms with Crippen molar-refractivity contribution in [3.05, 3.63) is 102 Å². The minimum absolute atomic E-state index is 0.0854. The molecule has 3 rings (SSSR count). The van der Waals surface area contributed by atoms with Gasteiger partial charge in [0.15, 0.2) is 6.61 Å². The normalized spacial score (nSPS) is 10.6. The summed E-state index contributed by atoms with van der Waals surface area (Å²) in [4.78, 5) is 11.9. The monoisotopic (exact) mass is 344 g/mol. The molecule has 0 unspecified atom stereocenters. The predicted octanol–water partition coefficient (Wildman–Crippen LogP) is 3.81. The maximum absolute atomic E-state index is 11.9. The first-order valence-corrected chi connectivity index (χ1v) is 8.43. The number of hydrazone groups is 1. The Kier molecular flexibility index (Phi) is 6.15. The molecule has 1 amide bonds. The van der Waals surface area contributed by atoms with Crippen LogP contribution in [0.5, 0.6) is 5.75 Å². The molecule has 0 bridgehead atoms. The van der Waals surface area contributed by atoms with Crippen molar-refractivity contribution in [3.63, 3.8) is 0 Å². The molecule has 4 heteroatoms. The van der Waals surface area contributed by atoms with Crippen LogP contribution in [0.15, 0.2) is 90.0 Å². The van der Waals surface area contributed by atoms with Gasteiger partial charge in [-0.15, -0.1) is 0 Å². The number of carbonyl (C=O) groups is 1. The lowest BCUT2D eigenvalue weighted by atomic mass is 10.0. The minimum atomic E-state index is -0.299. The summed E-state index contributed by atoms with van der Waals surface area (Å²) >= 11 is 0. The van der Waals surface area contributed by atoms with Crippen molar-refractivity contribution in [1.82, 2.24) is 5.43 Å². The number of rotatable bonds is 7. The first-order valence-electron chi connectivity index (χ1n) is 8.43. The molecule has 0 heterocycles. The van der Waals surface area contributed by atoms with E-state index in [2.05, 4.69) is 22.7 Å². The number of hydrogen-bond acceptors (Lipinski definition) is 3. The van der Waals surface area contributed by atoms with Crippen LogP contribution in [0.1, 0.15) is 16.7 Å². The van der Waals surface area contributed by atoms with Gasteiger partial charge in [0.1, 0.15) is 5.75 Å². The van der Waals surface area contributed by atoms with Crippen LogP contribution in [0.4, 0.5) is 0 Å². The van der Waals surface area contributed by atoms with E-state index in [1.54, 1.807) is 6.21 Å². The molecule has 0 spiro atoms. The summed E-state index contributed by atoms with van der Waals surface area (Å²) < 4.78 is 5.69. The fourth-order valence-electron chi connectivity index (χ4n) is 2.50. The van der Waals surface area contributed by atoms with Crippen LogP contribution >= 0.6 is 0 Å². The Morgan fingerprint density at radius 3 is 2.31 bits per heavy atom. The van der Waals surface area contributed by atoms with Gasteiger partial charge in [-0.25, -0.2) is 5.43 Å². The molecule has 0 atom stereocenters. The maximum atomic E-state index is 11.9. The van der Waals surface area contributed by atoms with Gasteiger partial charge < -0.3 is 4.74 Å². The first-order chi connectivity index (χ1) is 12.8. The zero-order valence-corrected chi connectivity index (χ0v) is 14.3. The summed E-state index contributed by atoms with van der Waals surface area (Å²) in [6.45, 7) is -0.0854. The average molecular weight is 344 g/mol. The van der Waals surface area contributed by atoms with Crippen LogP contribution in [0.3, 0.4) is 0 Å². The highest BCUT2D eigenvalue weighted by molar-refractivity contribution is 5.82. The molecule has 0 aliphatic heterocycles. The minimum Gasteiger partial charge on any atom is -0.483 e. The molecule has 3 aromatic carbocycles. The van der Waals surface area contributed by atoms with Crippen molar-refractivity contribution in [3.8, 4) is 5.75 Å². The predicted molar refractivity (Wildman–Crippen MR) is 103 cm³/mol. The summed E-state index contributed by atoms with van der Waals surface area (Å²) in [6.07, 6.45) is 2.35. The number of para-hydroxylation sites is 1. The van der Waals surface area contributed by atoms with Crippen LogP contribution in [0.25, 0.3) is 0 Å². The molecule has 0 saturated carbocycles. The second-order valence-electron chi connectivity index (χ2n) is 5.76. The Balaban J connectivity index is 1.54. The van der Waals surface area contributed by atoms with E-state index >= 15 is 0 Å². The number of nitrogens with zero attached hydrogens (tertiary/aromatic N) is 1. The van der Waals surface area contributed by atoms with E-state index in [1.807, 2.05) is 72.8 Å². The van der Waals surface area contributed by atoms with Gasteiger partial charge in [-0.05, 0) is 22.8 Å². The fraction of sp³-hybridized carbons (Fsp3) is 0.0909. The molecule has 26 heavy (non-hydrogen) atoms. The zero-order valence-electron chi connectivity index (χ0n) is 14.3. The van der Waals surface area contributed by atoms with Gasteiger partial charge in [0.2, 0.25) is 0 Å². The number of benzene rings is 3. The quantitative estimate of drug-likeness (QED) is 0.523. The van der Waals surface area contributed by atoms with E-state index in [9.17, 15) is 4.79 Å². The van der Waals surface area contributed by atoms with Gasteiger partial charge in [-0.3, -0.25) is 4.79 Å². The molecule has 0 aliphatic carbocycles. The molecular weight excluding hydrogens is 324 g/mol. The first kappa shape index (κ1) is 17.4. The Bertz CT molecular complexity index is 862. The Morgan fingerprint density at radius 1 is 0.885 bits per heavy atom. The molecule has 0 fully saturated rings. The van der Waals surface area contributed by atoms with Gasteiger partial charge in [0, 0.05) is 6.42 Å². The third kappa shape index (κ3) is 5.31. The lowest BCUT2D eigenvalue weighted by molar-refractivity contribution is -0.123. The highest BCUT2D eigenvalue weighted by atomic mass is 16.5. The lowest BCUT2D eigenvalue weighted by Gasteiger charge is -2.11. The average Bonchev–Trinajstić information content (AvgIpc) is 2.69. The third-order valence-corrected chi connectivity index (χ3v) is 3.77. The largest absolute Gasteiger partial charge is 0.483 e. The van der Waals surface area contributed by atoms with Crippen LogP contribution < -0.4 is 10.2 Å². The van der Waals surface area contributed by atoms with Crippen LogP contribution in [0, 0.1) is 0 Å². The van der Waals surface area contributed by atoms with Crippen molar-refractivity contribution in [1.29, 1.82) is 0 Å². The topological polar surface area (TPSA) is 50.7 Å². The van der Waals surface area contributed by atoms with E-state index in [1.165, 1.54) is 5.56 Å². The molecule has 4 nitrogen and oxygen atoms in total. The van der Waals surface area contributed by atoms with Crippen molar-refractivity contribution in [2.24, 2.45) is 5.10 Å². The second-order valence-corrected chi connectivity index (χ2v) is 5.76. The molecule has 3 aromatic rings. The van der Waals surface area contributed by atoms with E-state index in [-0.39, 0.29) is 12.5 Å². The van der Waals surface area contributed by atoms with Gasteiger partial charge in [0.25, 0.3) is 5.91 Å². The van der Waals surface area contributed by atoms with Crippen molar-refractivity contribution in [2.45, 2.75) is 6.42 Å². The van der Waals surface area contributed by atoms with E-state index < -0.39 is 0 Å². The molecule has 1 N–H and O–H groups in total. The number of ether oxygens (including phenoxy) is 1. The van der Waals surface area contributed by atoms with Gasteiger partial charge in [-0.1, -0.05) is 78.9 Å². The third-order valence-electron chi connectivity index (χ3n) is 3.77. The standard InChI is InChI=1S/C22H20N2O2/c25-22(24-23-16-19-11-5-2-6-12-19)17-26-21-14-8-7-13-20(21)15-18-9-3-1-4-10-18/h1-14,16H,15,17H2,(H,24,25)/b23-16-. The number of nitrogens with one attached hydrogen (secondary N) is 1. The Labute approximate surface area is 153 Å². The van der Waals surface area contributed by atoms with Gasteiger partial charge in [-0.2, -0.15) is 5.10 Å². The summed E-state index contributed by atoms with van der Waals surface area (Å²) in [7, 11) is 0. The summed E-state index contributed by atoms with van der Waals surface area (Å²) in [5.74, 6) is 0.408. The van der Waals surface area contributed by atoms with Crippen LogP contribution in [-0.2, 0) is 11.2 Å². The Morgan fingerprint density at radius 2 is 1.54 bits per heavy atom. The lowest BCUT2D eigenvalue weighted by Crippen LogP contribution is -2.24. The second kappa shape index (κ2) is 9.18. The molecule has 0 radical (unpaired) electrons. The number of hydrogen-bond donors (Lipinski definition) is 1. The fourth-order valence-corrected chi connectivity index (χ4v) is 2.50. The summed E-state index contributed by atoms with van der Waals surface area (Å²) in [5.41, 5.74) is 5.63. The van der Waals surface area contributed by atoms with Crippen molar-refractivity contribution in [2.75, 3.05) is 6.61 Å². The van der Waals surface area contributed by atoms with Gasteiger partial charge >= 0.3 is 0 Å². The summed E-state index contributed by atoms with van der Waals surface area (Å²) in [5, 5.41) is 3.94. The number of carbonyl (C=O) groups excluding carboxylic acids is 1. The SMILES string of the molecule is O=C(COc1ccccc1Cc1ccccc1)N/N=C\c1ccccc1. The highest BCUT2D eigenvalue weighted by Gasteiger charge is 2.07. The maximum Gasteiger partial charge on any atom is 0.277 e. The molecular formula is C22H20N2O2. The number of amides is 1. The highest BCUT2D eigenvalue weighted by Crippen LogP contribution is 2.21. The van der Waals surface area contributed by atoms with Crippen molar-refractivity contribution < 1.29 is 9.53 Å². The molecule has 130 valence electrons. The molecule has 0 aliphatic rings.